The van der Waals surface area contributed by atoms with Gasteiger partial charge in [0.1, 0.15) is 5.54 Å². The Bertz CT molecular complexity index is 198. The van der Waals surface area contributed by atoms with Gasteiger partial charge in [-0.05, 0) is 0 Å². The Kier molecular flexibility index (Phi) is 2.21. The van der Waals surface area contributed by atoms with E-state index in [4.69, 9.17) is 19.3 Å². The zero-order valence-electron chi connectivity index (χ0n) is 6.23. The summed E-state index contributed by atoms with van der Waals surface area (Å²) < 4.78 is 18.0. The summed E-state index contributed by atoms with van der Waals surface area (Å²) in [5, 5.41) is 19.2. The molecular formula is C5H11NO5S. The molecule has 72 valence electrons. The van der Waals surface area contributed by atoms with E-state index in [1.807, 2.05) is 0 Å². The van der Waals surface area contributed by atoms with Crippen LogP contribution >= 0.6 is 10.6 Å². The van der Waals surface area contributed by atoms with Gasteiger partial charge in [0, 0.05) is 0 Å². The van der Waals surface area contributed by atoms with Crippen LogP contribution < -0.4 is 5.32 Å². The van der Waals surface area contributed by atoms with Crippen LogP contribution in [-0.4, -0.2) is 49.1 Å². The zero-order valence-corrected chi connectivity index (χ0v) is 7.04. The molecule has 0 aromatic carbocycles. The molecule has 1 rings (SSSR count). The lowest BCUT2D eigenvalue weighted by Gasteiger charge is -2.54. The smallest absolute Gasteiger partial charge is 0.405 e. The van der Waals surface area contributed by atoms with Crippen molar-refractivity contribution in [2.75, 3.05) is 18.1 Å². The van der Waals surface area contributed by atoms with Gasteiger partial charge in [-0.15, -0.1) is 0 Å². The van der Waals surface area contributed by atoms with Gasteiger partial charge in [0.25, 0.3) is 0 Å². The number of hydrogen-bond acceptors (Lipinski definition) is 4. The highest BCUT2D eigenvalue weighted by Crippen LogP contribution is 2.53. The Balaban J connectivity index is 2.53. The quantitative estimate of drug-likeness (QED) is 0.419. The van der Waals surface area contributed by atoms with E-state index in [1.54, 1.807) is 0 Å². The van der Waals surface area contributed by atoms with Gasteiger partial charge in [0.05, 0.1) is 18.1 Å². The molecule has 0 saturated carbocycles. The number of rotatable bonds is 2. The van der Waals surface area contributed by atoms with Crippen molar-refractivity contribution >= 4 is 16.7 Å². The minimum Gasteiger partial charge on any atom is -0.465 e. The van der Waals surface area contributed by atoms with Crippen molar-refractivity contribution in [2.24, 2.45) is 0 Å². The highest BCUT2D eigenvalue weighted by molar-refractivity contribution is 8.25. The molecule has 1 amide bonds. The lowest BCUT2D eigenvalue weighted by Crippen LogP contribution is -2.65. The second kappa shape index (κ2) is 2.77. The first-order valence-corrected chi connectivity index (χ1v) is 5.13. The Morgan fingerprint density at radius 2 is 2.00 bits per heavy atom. The number of amides is 1. The van der Waals surface area contributed by atoms with Gasteiger partial charge in [-0.1, -0.05) is 0 Å². The molecule has 1 aliphatic heterocycles. The van der Waals surface area contributed by atoms with Crippen molar-refractivity contribution in [3.63, 3.8) is 0 Å². The first-order valence-electron chi connectivity index (χ1n) is 3.25. The molecule has 0 unspecified atom stereocenters. The molecule has 0 spiro atoms. The average molecular weight is 197 g/mol. The summed E-state index contributed by atoms with van der Waals surface area (Å²) in [6.07, 6.45) is -1.26. The summed E-state index contributed by atoms with van der Waals surface area (Å²) in [6, 6.07) is 0. The molecule has 0 aromatic rings. The van der Waals surface area contributed by atoms with Gasteiger partial charge >= 0.3 is 6.09 Å². The van der Waals surface area contributed by atoms with Crippen molar-refractivity contribution < 1.29 is 24.1 Å². The summed E-state index contributed by atoms with van der Waals surface area (Å²) in [5.74, 6) is -0.189. The minimum atomic E-state index is -2.63. The summed E-state index contributed by atoms with van der Waals surface area (Å²) >= 11 is 0. The van der Waals surface area contributed by atoms with Gasteiger partial charge in [0.15, 0.2) is 0 Å². The number of aliphatic hydroxyl groups excluding tert-OH is 1. The Labute approximate surface area is 70.6 Å². The zero-order chi connectivity index (χ0) is 9.41. The third kappa shape index (κ3) is 1.81. The van der Waals surface area contributed by atoms with Gasteiger partial charge in [-0.2, -0.15) is 10.6 Å². The van der Waals surface area contributed by atoms with Crippen molar-refractivity contribution in [1.29, 1.82) is 0 Å². The van der Waals surface area contributed by atoms with E-state index < -0.39 is 28.8 Å². The van der Waals surface area contributed by atoms with E-state index in [0.29, 0.717) is 0 Å². The van der Waals surface area contributed by atoms with Crippen LogP contribution in [0, 0.1) is 0 Å². The maximum absolute atomic E-state index is 10.2. The first-order chi connectivity index (χ1) is 5.39. The van der Waals surface area contributed by atoms with Crippen molar-refractivity contribution in [3.8, 4) is 0 Å². The molecule has 6 nitrogen and oxygen atoms in total. The molecular weight excluding hydrogens is 186 g/mol. The molecule has 0 bridgehead atoms. The molecule has 5 N–H and O–H groups in total. The summed E-state index contributed by atoms with van der Waals surface area (Å²) in [7, 11) is -2.63. The molecule has 0 aliphatic carbocycles. The Morgan fingerprint density at radius 1 is 1.50 bits per heavy atom. The van der Waals surface area contributed by atoms with E-state index in [2.05, 4.69) is 5.32 Å². The Hall–Kier alpha value is -0.500. The van der Waals surface area contributed by atoms with Gasteiger partial charge in [-0.3, -0.25) is 9.11 Å². The number of carboxylic acid groups (broad SMARTS) is 1. The molecule has 0 radical (unpaired) electrons. The van der Waals surface area contributed by atoms with Crippen molar-refractivity contribution in [1.82, 2.24) is 5.32 Å². The normalized spacial score (nSPS) is 26.9. The van der Waals surface area contributed by atoms with Crippen LogP contribution in [-0.2, 0) is 0 Å². The van der Waals surface area contributed by atoms with Gasteiger partial charge in [-0.25, -0.2) is 4.79 Å². The van der Waals surface area contributed by atoms with Crippen molar-refractivity contribution in [3.05, 3.63) is 0 Å². The van der Waals surface area contributed by atoms with E-state index in [9.17, 15) is 4.79 Å². The van der Waals surface area contributed by atoms with Crippen LogP contribution in [0.2, 0.25) is 0 Å². The average Bonchev–Trinajstić information content (AvgIpc) is 1.81. The fourth-order valence-electron chi connectivity index (χ4n) is 1.27. The van der Waals surface area contributed by atoms with Crippen LogP contribution in [0.4, 0.5) is 4.79 Å². The molecule has 0 aromatic heterocycles. The maximum Gasteiger partial charge on any atom is 0.405 e. The first kappa shape index (κ1) is 9.59. The molecule has 0 atom stereocenters. The van der Waals surface area contributed by atoms with Crippen LogP contribution in [0.3, 0.4) is 0 Å². The van der Waals surface area contributed by atoms with Crippen LogP contribution in [0.25, 0.3) is 0 Å². The van der Waals surface area contributed by atoms with Crippen molar-refractivity contribution in [2.45, 2.75) is 5.54 Å². The number of carbonyl (C=O) groups is 1. The second-order valence-electron chi connectivity index (χ2n) is 2.96. The van der Waals surface area contributed by atoms with Gasteiger partial charge < -0.3 is 15.5 Å². The van der Waals surface area contributed by atoms with Crippen LogP contribution in [0.15, 0.2) is 0 Å². The highest BCUT2D eigenvalue weighted by atomic mass is 32.3. The fraction of sp³-hybridized carbons (Fsp3) is 0.800. The molecule has 7 heteroatoms. The minimum absolute atomic E-state index is 0.0944. The largest absolute Gasteiger partial charge is 0.465 e. The third-order valence-electron chi connectivity index (χ3n) is 1.69. The molecule has 1 aliphatic rings. The Morgan fingerprint density at radius 3 is 2.25 bits per heavy atom. The van der Waals surface area contributed by atoms with E-state index >= 15 is 0 Å². The molecule has 1 saturated heterocycles. The number of aliphatic hydroxyl groups is 1. The standard InChI is InChI=1S/C5H11NO5S/c7-1-5(6-4(8)9)2-12(10,11)3-5/h6-7,10-11H,1-3H2,(H,8,9). The topological polar surface area (TPSA) is 110 Å². The number of nitrogens with one attached hydrogen (secondary N) is 1. The summed E-state index contributed by atoms with van der Waals surface area (Å²) in [4.78, 5) is 10.2. The van der Waals surface area contributed by atoms with E-state index in [1.165, 1.54) is 0 Å². The van der Waals surface area contributed by atoms with Gasteiger partial charge in [0.2, 0.25) is 0 Å². The predicted molar refractivity (Wildman–Crippen MR) is 43.6 cm³/mol. The molecule has 12 heavy (non-hydrogen) atoms. The lowest BCUT2D eigenvalue weighted by molar-refractivity contribution is 0.146. The van der Waals surface area contributed by atoms with E-state index in [0.717, 1.165) is 0 Å². The summed E-state index contributed by atoms with van der Waals surface area (Å²) in [5.41, 5.74) is -1.04. The van der Waals surface area contributed by atoms with Crippen LogP contribution in [0.1, 0.15) is 0 Å². The highest BCUT2D eigenvalue weighted by Gasteiger charge is 2.49. The SMILES string of the molecule is O=C(O)NC1(CO)CS(O)(O)C1. The lowest BCUT2D eigenvalue weighted by atomic mass is 10.1. The van der Waals surface area contributed by atoms with E-state index in [-0.39, 0.29) is 11.5 Å². The molecule has 1 fully saturated rings. The fourth-order valence-corrected chi connectivity index (χ4v) is 3.28. The van der Waals surface area contributed by atoms with Crippen LogP contribution in [0.5, 0.6) is 0 Å². The second-order valence-corrected chi connectivity index (χ2v) is 5.14. The predicted octanol–water partition coefficient (Wildman–Crippen LogP) is -0.251. The molecule has 1 heterocycles. The monoisotopic (exact) mass is 197 g/mol. The maximum atomic E-state index is 10.2. The third-order valence-corrected chi connectivity index (χ3v) is 3.72. The number of hydrogen-bond donors (Lipinski definition) is 5. The summed E-state index contributed by atoms with van der Waals surface area (Å²) in [6.45, 7) is -0.408.